The van der Waals surface area contributed by atoms with Crippen LogP contribution in [0.15, 0.2) is 0 Å². The molecule has 2 N–H and O–H groups in total. The van der Waals surface area contributed by atoms with Crippen LogP contribution in [0.25, 0.3) is 0 Å². The van der Waals surface area contributed by atoms with Crippen LogP contribution in [0.4, 0.5) is 0 Å². The Labute approximate surface area is 120 Å². The summed E-state index contributed by atoms with van der Waals surface area (Å²) in [5, 5.41) is 11.7. The highest BCUT2D eigenvalue weighted by atomic mass is 32.2. The van der Waals surface area contributed by atoms with Gasteiger partial charge in [-0.2, -0.15) is 0 Å². The molecule has 0 aliphatic heterocycles. The summed E-state index contributed by atoms with van der Waals surface area (Å²) in [6.45, 7) is 12.3. The monoisotopic (exact) mass is 289 g/mol. The molecule has 1 amide bonds. The third-order valence-electron chi connectivity index (χ3n) is 2.28. The number of thioether (sulfide) groups is 1. The molecule has 5 heteroatoms. The minimum atomic E-state index is -0.877. The van der Waals surface area contributed by atoms with Crippen molar-refractivity contribution in [1.82, 2.24) is 5.32 Å². The van der Waals surface area contributed by atoms with E-state index in [1.165, 1.54) is 0 Å². The van der Waals surface area contributed by atoms with Crippen LogP contribution in [0.1, 0.15) is 54.4 Å². The molecule has 0 saturated carbocycles. The molecule has 0 bridgehead atoms. The number of hydrogen-bond acceptors (Lipinski definition) is 3. The first-order chi connectivity index (χ1) is 8.39. The third-order valence-corrected chi connectivity index (χ3v) is 3.55. The SMILES string of the molecule is CC(C)(C)CC(CC(=O)O)NC(=O)CSC(C)(C)C. The van der Waals surface area contributed by atoms with Gasteiger partial charge in [0.25, 0.3) is 0 Å². The average Bonchev–Trinajstić information content (AvgIpc) is 2.09. The smallest absolute Gasteiger partial charge is 0.305 e. The normalized spacial score (nSPS) is 14.0. The number of rotatable bonds is 6. The maximum Gasteiger partial charge on any atom is 0.305 e. The molecule has 0 spiro atoms. The van der Waals surface area contributed by atoms with Crippen LogP contribution in [0.2, 0.25) is 0 Å². The van der Waals surface area contributed by atoms with Gasteiger partial charge in [0.05, 0.1) is 12.2 Å². The zero-order valence-corrected chi connectivity index (χ0v) is 13.7. The molecule has 1 unspecified atom stereocenters. The Morgan fingerprint density at radius 2 is 1.68 bits per heavy atom. The molecule has 0 aromatic heterocycles. The predicted octanol–water partition coefficient (Wildman–Crippen LogP) is 2.91. The lowest BCUT2D eigenvalue weighted by molar-refractivity contribution is -0.137. The van der Waals surface area contributed by atoms with E-state index in [1.54, 1.807) is 11.8 Å². The van der Waals surface area contributed by atoms with Crippen molar-refractivity contribution in [2.24, 2.45) is 5.41 Å². The largest absolute Gasteiger partial charge is 0.481 e. The van der Waals surface area contributed by atoms with Gasteiger partial charge in [0.2, 0.25) is 5.91 Å². The molecule has 0 fully saturated rings. The molecule has 0 rings (SSSR count). The van der Waals surface area contributed by atoms with Crippen LogP contribution in [0.3, 0.4) is 0 Å². The Kier molecular flexibility index (Phi) is 6.91. The minimum absolute atomic E-state index is 0.00936. The molecular formula is C14H27NO3S. The van der Waals surface area contributed by atoms with E-state index in [0.29, 0.717) is 12.2 Å². The highest BCUT2D eigenvalue weighted by molar-refractivity contribution is 8.01. The van der Waals surface area contributed by atoms with E-state index in [0.717, 1.165) is 0 Å². The van der Waals surface area contributed by atoms with Gasteiger partial charge in [-0.3, -0.25) is 9.59 Å². The number of nitrogens with one attached hydrogen (secondary N) is 1. The van der Waals surface area contributed by atoms with Crippen LogP contribution in [0, 0.1) is 5.41 Å². The molecule has 19 heavy (non-hydrogen) atoms. The van der Waals surface area contributed by atoms with Gasteiger partial charge in [-0.1, -0.05) is 41.5 Å². The molecule has 0 heterocycles. The van der Waals surface area contributed by atoms with Gasteiger partial charge >= 0.3 is 5.97 Å². The van der Waals surface area contributed by atoms with Crippen LogP contribution in [-0.2, 0) is 9.59 Å². The second kappa shape index (κ2) is 7.17. The van der Waals surface area contributed by atoms with E-state index in [1.807, 2.05) is 20.8 Å². The van der Waals surface area contributed by atoms with Gasteiger partial charge in [0.15, 0.2) is 0 Å². The topological polar surface area (TPSA) is 66.4 Å². The highest BCUT2D eigenvalue weighted by Gasteiger charge is 2.23. The van der Waals surface area contributed by atoms with Crippen LogP contribution in [-0.4, -0.2) is 33.5 Å². The number of aliphatic carboxylic acids is 1. The summed E-state index contributed by atoms with van der Waals surface area (Å²) in [5.74, 6) is -0.600. The van der Waals surface area contributed by atoms with Gasteiger partial charge in [0.1, 0.15) is 0 Å². The van der Waals surface area contributed by atoms with E-state index in [-0.39, 0.29) is 28.5 Å². The molecule has 4 nitrogen and oxygen atoms in total. The first-order valence-electron chi connectivity index (χ1n) is 6.54. The summed E-state index contributed by atoms with van der Waals surface area (Å²) < 4.78 is 0.0314. The summed E-state index contributed by atoms with van der Waals surface area (Å²) >= 11 is 1.56. The van der Waals surface area contributed by atoms with Gasteiger partial charge in [0, 0.05) is 10.8 Å². The van der Waals surface area contributed by atoms with E-state index in [2.05, 4.69) is 26.1 Å². The third kappa shape index (κ3) is 12.1. The number of carbonyl (C=O) groups excluding carboxylic acids is 1. The number of hydrogen-bond donors (Lipinski definition) is 2. The standard InChI is InChI=1S/C14H27NO3S/c1-13(2,3)8-10(7-12(17)18)15-11(16)9-19-14(4,5)6/h10H,7-9H2,1-6H3,(H,15,16)(H,17,18). The summed E-state index contributed by atoms with van der Waals surface area (Å²) in [6.07, 6.45) is 0.633. The summed E-state index contributed by atoms with van der Waals surface area (Å²) in [4.78, 5) is 22.7. The number of carboxylic acids is 1. The minimum Gasteiger partial charge on any atom is -0.481 e. The maximum absolute atomic E-state index is 11.8. The van der Waals surface area contributed by atoms with Gasteiger partial charge in [-0.25, -0.2) is 0 Å². The van der Waals surface area contributed by atoms with Crippen LogP contribution < -0.4 is 5.32 Å². The number of carbonyl (C=O) groups is 2. The van der Waals surface area contributed by atoms with E-state index < -0.39 is 5.97 Å². The number of carboxylic acid groups (broad SMARTS) is 1. The van der Waals surface area contributed by atoms with Crippen molar-refractivity contribution in [2.75, 3.05) is 5.75 Å². The highest BCUT2D eigenvalue weighted by Crippen LogP contribution is 2.24. The lowest BCUT2D eigenvalue weighted by Gasteiger charge is -2.26. The van der Waals surface area contributed by atoms with Crippen molar-refractivity contribution < 1.29 is 14.7 Å². The lowest BCUT2D eigenvalue weighted by atomic mass is 9.87. The second-order valence-electron chi connectivity index (χ2n) is 7.03. The van der Waals surface area contributed by atoms with Crippen molar-refractivity contribution in [3.8, 4) is 0 Å². The molecule has 112 valence electrons. The first kappa shape index (κ1) is 18.3. The van der Waals surface area contributed by atoms with Crippen molar-refractivity contribution in [3.05, 3.63) is 0 Å². The summed E-state index contributed by atoms with van der Waals surface area (Å²) in [5.41, 5.74) is -0.00936. The molecule has 0 saturated heterocycles. The lowest BCUT2D eigenvalue weighted by Crippen LogP contribution is -2.40. The van der Waals surface area contributed by atoms with Crippen molar-refractivity contribution in [2.45, 2.75) is 65.2 Å². The first-order valence-corrected chi connectivity index (χ1v) is 7.53. The Hall–Kier alpha value is -0.710. The Morgan fingerprint density at radius 3 is 2.05 bits per heavy atom. The second-order valence-corrected chi connectivity index (χ2v) is 8.83. The van der Waals surface area contributed by atoms with Gasteiger partial charge in [-0.15, -0.1) is 11.8 Å². The van der Waals surface area contributed by atoms with E-state index in [4.69, 9.17) is 5.11 Å². The van der Waals surface area contributed by atoms with Crippen molar-refractivity contribution in [3.63, 3.8) is 0 Å². The maximum atomic E-state index is 11.8. The Morgan fingerprint density at radius 1 is 1.16 bits per heavy atom. The van der Waals surface area contributed by atoms with Crippen molar-refractivity contribution >= 4 is 23.6 Å². The fourth-order valence-corrected chi connectivity index (χ4v) is 2.32. The summed E-state index contributed by atoms with van der Waals surface area (Å²) in [6, 6.07) is -0.300. The Balaban J connectivity index is 4.39. The predicted molar refractivity (Wildman–Crippen MR) is 80.5 cm³/mol. The fraction of sp³-hybridized carbons (Fsp3) is 0.857. The summed E-state index contributed by atoms with van der Waals surface area (Å²) in [7, 11) is 0. The van der Waals surface area contributed by atoms with Crippen LogP contribution in [0.5, 0.6) is 0 Å². The molecular weight excluding hydrogens is 262 g/mol. The molecule has 0 aromatic rings. The molecule has 1 atom stereocenters. The Bertz CT molecular complexity index is 316. The zero-order valence-electron chi connectivity index (χ0n) is 12.9. The molecule has 0 radical (unpaired) electrons. The van der Waals surface area contributed by atoms with Gasteiger partial charge in [-0.05, 0) is 11.8 Å². The average molecular weight is 289 g/mol. The van der Waals surface area contributed by atoms with E-state index in [9.17, 15) is 9.59 Å². The number of amides is 1. The quantitative estimate of drug-likeness (QED) is 0.789. The van der Waals surface area contributed by atoms with Crippen LogP contribution >= 0.6 is 11.8 Å². The zero-order chi connectivity index (χ0) is 15.3. The van der Waals surface area contributed by atoms with Crippen molar-refractivity contribution in [1.29, 1.82) is 0 Å². The van der Waals surface area contributed by atoms with Gasteiger partial charge < -0.3 is 10.4 Å². The van der Waals surface area contributed by atoms with E-state index >= 15 is 0 Å². The molecule has 0 aromatic carbocycles. The molecule has 0 aliphatic carbocycles. The fourth-order valence-electron chi connectivity index (χ4n) is 1.68. The molecule has 0 aliphatic rings.